The normalized spacial score (nSPS) is 42.0. The fourth-order valence-electron chi connectivity index (χ4n) is 2.71. The van der Waals surface area contributed by atoms with Gasteiger partial charge in [0, 0.05) is 19.0 Å². The van der Waals surface area contributed by atoms with Crippen LogP contribution in [0.2, 0.25) is 0 Å². The SMILES string of the molecule is O=C1C2CC3C(=O)C1CN(C2)C3=O. The van der Waals surface area contributed by atoms with Crippen molar-refractivity contribution < 1.29 is 14.4 Å². The number of nitrogens with zero attached hydrogens (tertiary/aromatic N) is 1. The van der Waals surface area contributed by atoms with Crippen molar-refractivity contribution in [2.45, 2.75) is 6.42 Å². The minimum atomic E-state index is -0.477. The average Bonchev–Trinajstić information content (AvgIpc) is 2.10. The Morgan fingerprint density at radius 2 is 1.77 bits per heavy atom. The van der Waals surface area contributed by atoms with Crippen molar-refractivity contribution in [1.29, 1.82) is 0 Å². The molecule has 3 unspecified atom stereocenters. The van der Waals surface area contributed by atoms with Crippen molar-refractivity contribution in [1.82, 2.24) is 4.90 Å². The minimum absolute atomic E-state index is 0.0425. The number of amides is 1. The van der Waals surface area contributed by atoms with Crippen LogP contribution in [0, 0.1) is 17.8 Å². The number of hydrogen-bond donors (Lipinski definition) is 0. The first kappa shape index (κ1) is 7.24. The number of hydrogen-bond acceptors (Lipinski definition) is 3. The molecule has 1 aliphatic carbocycles. The van der Waals surface area contributed by atoms with Gasteiger partial charge in [0.05, 0.1) is 11.8 Å². The molecule has 4 nitrogen and oxygen atoms in total. The maximum absolute atomic E-state index is 11.5. The van der Waals surface area contributed by atoms with Crippen LogP contribution >= 0.6 is 0 Å². The molecule has 3 heterocycles. The predicted molar refractivity (Wildman–Crippen MR) is 41.7 cm³/mol. The van der Waals surface area contributed by atoms with Gasteiger partial charge in [-0.05, 0) is 6.42 Å². The van der Waals surface area contributed by atoms with E-state index in [0.717, 1.165) is 0 Å². The zero-order chi connectivity index (χ0) is 9.16. The lowest BCUT2D eigenvalue weighted by molar-refractivity contribution is -0.166. The molecule has 4 rings (SSSR count). The molecule has 4 aliphatic rings. The molecule has 3 aliphatic heterocycles. The third kappa shape index (κ3) is 0.692. The lowest BCUT2D eigenvalue weighted by Crippen LogP contribution is -2.65. The summed E-state index contributed by atoms with van der Waals surface area (Å²) >= 11 is 0. The fraction of sp³-hybridized carbons (Fsp3) is 0.667. The van der Waals surface area contributed by atoms with Crippen LogP contribution in [0.1, 0.15) is 6.42 Å². The molecule has 4 heteroatoms. The Morgan fingerprint density at radius 1 is 1.00 bits per heavy atom. The van der Waals surface area contributed by atoms with Gasteiger partial charge in [0.2, 0.25) is 5.91 Å². The molecule has 1 saturated carbocycles. The lowest BCUT2D eigenvalue weighted by Gasteiger charge is -2.48. The Bertz CT molecular complexity index is 306. The molecule has 4 bridgehead atoms. The molecule has 0 aromatic rings. The van der Waals surface area contributed by atoms with E-state index in [9.17, 15) is 14.4 Å². The highest BCUT2D eigenvalue weighted by molar-refractivity contribution is 6.17. The summed E-state index contributed by atoms with van der Waals surface area (Å²) in [4.78, 5) is 36.2. The minimum Gasteiger partial charge on any atom is -0.340 e. The Labute approximate surface area is 74.9 Å². The maximum Gasteiger partial charge on any atom is 0.233 e. The van der Waals surface area contributed by atoms with Gasteiger partial charge in [0.1, 0.15) is 5.78 Å². The summed E-state index contributed by atoms with van der Waals surface area (Å²) in [6.45, 7) is 0.904. The van der Waals surface area contributed by atoms with Crippen molar-refractivity contribution in [3.63, 3.8) is 0 Å². The van der Waals surface area contributed by atoms with E-state index in [0.29, 0.717) is 19.5 Å². The first-order valence-electron chi connectivity index (χ1n) is 4.54. The second-order valence-corrected chi connectivity index (χ2v) is 4.09. The van der Waals surface area contributed by atoms with Crippen LogP contribution in [0.4, 0.5) is 0 Å². The molecule has 4 fully saturated rings. The highest BCUT2D eigenvalue weighted by Crippen LogP contribution is 2.39. The van der Waals surface area contributed by atoms with Crippen molar-refractivity contribution in [2.75, 3.05) is 13.1 Å². The first-order chi connectivity index (χ1) is 6.18. The van der Waals surface area contributed by atoms with Gasteiger partial charge in [-0.3, -0.25) is 14.4 Å². The molecule has 0 radical (unpaired) electrons. The monoisotopic (exact) mass is 179 g/mol. The van der Waals surface area contributed by atoms with Gasteiger partial charge in [0.25, 0.3) is 0 Å². The standard InChI is InChI=1S/C9H9NO3/c11-7-4-1-5-8(12)6(7)3-10(2-4)9(5)13/h4-6H,1-3H2. The highest BCUT2D eigenvalue weighted by Gasteiger charge is 2.56. The number of piperidine rings is 3. The Kier molecular flexibility index (Phi) is 1.11. The average molecular weight is 179 g/mol. The predicted octanol–water partition coefficient (Wildman–Crippen LogP) is -0.767. The molecule has 3 saturated heterocycles. The molecule has 13 heavy (non-hydrogen) atoms. The molecule has 0 N–H and O–H groups in total. The van der Waals surface area contributed by atoms with Crippen LogP contribution in [0.25, 0.3) is 0 Å². The van der Waals surface area contributed by atoms with Gasteiger partial charge in [0.15, 0.2) is 5.78 Å². The van der Waals surface area contributed by atoms with Gasteiger partial charge < -0.3 is 4.90 Å². The van der Waals surface area contributed by atoms with Gasteiger partial charge in [-0.1, -0.05) is 0 Å². The molecule has 68 valence electrons. The van der Waals surface area contributed by atoms with E-state index in [2.05, 4.69) is 0 Å². The summed E-state index contributed by atoms with van der Waals surface area (Å²) in [6, 6.07) is 0. The zero-order valence-corrected chi connectivity index (χ0v) is 7.03. The fourth-order valence-corrected chi connectivity index (χ4v) is 2.71. The first-order valence-corrected chi connectivity index (χ1v) is 4.54. The van der Waals surface area contributed by atoms with Crippen LogP contribution in [-0.4, -0.2) is 35.5 Å². The number of carbonyl (C=O) groups excluding carboxylic acids is 3. The summed E-state index contributed by atoms with van der Waals surface area (Å²) < 4.78 is 0. The van der Waals surface area contributed by atoms with Gasteiger partial charge in [-0.15, -0.1) is 0 Å². The van der Waals surface area contributed by atoms with Crippen LogP contribution in [0.15, 0.2) is 0 Å². The van der Waals surface area contributed by atoms with E-state index in [4.69, 9.17) is 0 Å². The summed E-state index contributed by atoms with van der Waals surface area (Å²) in [5.74, 6) is -1.10. The molecule has 3 atom stereocenters. The Balaban J connectivity index is 2.08. The Morgan fingerprint density at radius 3 is 2.54 bits per heavy atom. The quantitative estimate of drug-likeness (QED) is 0.459. The summed E-state index contributed by atoms with van der Waals surface area (Å²) in [5, 5.41) is 0. The van der Waals surface area contributed by atoms with E-state index < -0.39 is 11.8 Å². The lowest BCUT2D eigenvalue weighted by atomic mass is 9.66. The second kappa shape index (κ2) is 2.00. The Hall–Kier alpha value is -1.19. The highest BCUT2D eigenvalue weighted by atomic mass is 16.2. The summed E-state index contributed by atoms with van der Waals surface area (Å²) in [6.07, 6.45) is 0.476. The number of Topliss-reactive ketones (excluding diaryl/α,β-unsaturated/α-hetero) is 2. The van der Waals surface area contributed by atoms with E-state index >= 15 is 0 Å². The van der Waals surface area contributed by atoms with E-state index in [1.54, 1.807) is 4.90 Å². The van der Waals surface area contributed by atoms with Crippen LogP contribution in [-0.2, 0) is 14.4 Å². The third-order valence-corrected chi connectivity index (χ3v) is 3.41. The van der Waals surface area contributed by atoms with E-state index in [1.807, 2.05) is 0 Å². The maximum atomic E-state index is 11.5. The van der Waals surface area contributed by atoms with Crippen molar-refractivity contribution in [3.8, 4) is 0 Å². The smallest absolute Gasteiger partial charge is 0.233 e. The molecule has 0 aromatic carbocycles. The van der Waals surface area contributed by atoms with Gasteiger partial charge in [-0.2, -0.15) is 0 Å². The second-order valence-electron chi connectivity index (χ2n) is 4.09. The van der Waals surface area contributed by atoms with Crippen molar-refractivity contribution in [2.24, 2.45) is 17.8 Å². The van der Waals surface area contributed by atoms with E-state index in [1.165, 1.54) is 0 Å². The van der Waals surface area contributed by atoms with Crippen LogP contribution < -0.4 is 0 Å². The number of carbonyl (C=O) groups is 3. The van der Waals surface area contributed by atoms with Crippen LogP contribution in [0.5, 0.6) is 0 Å². The molecular weight excluding hydrogens is 170 g/mol. The number of rotatable bonds is 0. The van der Waals surface area contributed by atoms with Crippen LogP contribution in [0.3, 0.4) is 0 Å². The summed E-state index contributed by atoms with van der Waals surface area (Å²) in [5.41, 5.74) is 0. The van der Waals surface area contributed by atoms with Gasteiger partial charge in [-0.25, -0.2) is 0 Å². The topological polar surface area (TPSA) is 54.5 Å². The van der Waals surface area contributed by atoms with Crippen molar-refractivity contribution in [3.05, 3.63) is 0 Å². The number of ketones is 2. The largest absolute Gasteiger partial charge is 0.340 e. The summed E-state index contributed by atoms with van der Waals surface area (Å²) in [7, 11) is 0. The van der Waals surface area contributed by atoms with E-state index in [-0.39, 0.29) is 23.4 Å². The zero-order valence-electron chi connectivity index (χ0n) is 7.03. The molecule has 1 amide bonds. The van der Waals surface area contributed by atoms with Crippen molar-refractivity contribution >= 4 is 17.5 Å². The van der Waals surface area contributed by atoms with Gasteiger partial charge >= 0.3 is 0 Å². The molecule has 0 aromatic heterocycles. The third-order valence-electron chi connectivity index (χ3n) is 3.41. The molecule has 0 spiro atoms. The molecular formula is C9H9NO3.